The van der Waals surface area contributed by atoms with E-state index in [1.807, 2.05) is 60.7 Å². The highest BCUT2D eigenvalue weighted by Crippen LogP contribution is 2.36. The molecule has 0 saturated carbocycles. The Hall–Kier alpha value is -8.61. The standard InChI is InChI=1S/C57H35N5O/c1-3-12-36(13-4-1)37-24-26-39(27-25-37)56-60-55(38-14-5-2-6-15-38)61-57(62-56)46-21-11-20-44(34-46)42-18-9-16-40(32-42)41-17-10-19-43(33-41)45-28-30-49-51(35-45)59-53-50(58-49)31-29-48-47-22-7-8-23-52(47)63-54(48)53/h1-35H. The molecule has 12 rings (SSSR count). The minimum Gasteiger partial charge on any atom is -0.454 e. The summed E-state index contributed by atoms with van der Waals surface area (Å²) in [5.74, 6) is 1.87. The van der Waals surface area contributed by atoms with Gasteiger partial charge in [0, 0.05) is 27.5 Å². The predicted octanol–water partition coefficient (Wildman–Crippen LogP) is 14.5. The fourth-order valence-corrected chi connectivity index (χ4v) is 8.49. The summed E-state index contributed by atoms with van der Waals surface area (Å²) in [7, 11) is 0. The van der Waals surface area contributed by atoms with Gasteiger partial charge in [0.05, 0.1) is 16.6 Å². The van der Waals surface area contributed by atoms with E-state index >= 15 is 0 Å². The zero-order chi connectivity index (χ0) is 41.7. The number of rotatable bonds is 7. The lowest BCUT2D eigenvalue weighted by Crippen LogP contribution is -2.00. The van der Waals surface area contributed by atoms with Crippen LogP contribution in [0.25, 0.3) is 123 Å². The highest BCUT2D eigenvalue weighted by molar-refractivity contribution is 6.14. The Morgan fingerprint density at radius 1 is 0.254 bits per heavy atom. The Morgan fingerprint density at radius 3 is 1.35 bits per heavy atom. The zero-order valence-corrected chi connectivity index (χ0v) is 33.9. The van der Waals surface area contributed by atoms with Gasteiger partial charge < -0.3 is 4.42 Å². The van der Waals surface area contributed by atoms with Crippen LogP contribution in [0.4, 0.5) is 0 Å². The third kappa shape index (κ3) is 6.76. The summed E-state index contributed by atoms with van der Waals surface area (Å²) in [4.78, 5) is 25.2. The summed E-state index contributed by atoms with van der Waals surface area (Å²) in [6, 6.07) is 73.2. The van der Waals surface area contributed by atoms with Gasteiger partial charge in [-0.3, -0.25) is 0 Å². The van der Waals surface area contributed by atoms with Crippen molar-refractivity contribution in [3.05, 3.63) is 212 Å². The molecule has 0 unspecified atom stereocenters. The molecule has 0 spiro atoms. The van der Waals surface area contributed by atoms with Crippen molar-refractivity contribution in [1.29, 1.82) is 0 Å². The van der Waals surface area contributed by atoms with E-state index in [1.165, 1.54) is 5.56 Å². The minimum absolute atomic E-state index is 0.617. The molecule has 12 aromatic rings. The Kier molecular flexibility index (Phi) is 8.71. The lowest BCUT2D eigenvalue weighted by Gasteiger charge is -2.11. The fourth-order valence-electron chi connectivity index (χ4n) is 8.49. The first-order valence-electron chi connectivity index (χ1n) is 21.0. The number of benzene rings is 9. The molecular formula is C57H35N5O. The van der Waals surface area contributed by atoms with Crippen molar-refractivity contribution >= 4 is 44.0 Å². The molecule has 0 aliphatic rings. The van der Waals surface area contributed by atoms with E-state index in [9.17, 15) is 0 Å². The second-order valence-electron chi connectivity index (χ2n) is 15.7. The topological polar surface area (TPSA) is 77.6 Å². The maximum atomic E-state index is 6.31. The van der Waals surface area contributed by atoms with Crippen LogP contribution in [-0.2, 0) is 0 Å². The Bertz CT molecular complexity index is 3680. The average Bonchev–Trinajstić information content (AvgIpc) is 3.75. The normalized spacial score (nSPS) is 11.5. The van der Waals surface area contributed by atoms with Crippen molar-refractivity contribution in [2.75, 3.05) is 0 Å². The second-order valence-corrected chi connectivity index (χ2v) is 15.7. The van der Waals surface area contributed by atoms with Gasteiger partial charge in [0.1, 0.15) is 11.1 Å². The van der Waals surface area contributed by atoms with Gasteiger partial charge in [-0.25, -0.2) is 24.9 Å². The quantitative estimate of drug-likeness (QED) is 0.149. The lowest BCUT2D eigenvalue weighted by molar-refractivity contribution is 0.671. The molecule has 6 nitrogen and oxygen atoms in total. The summed E-state index contributed by atoms with van der Waals surface area (Å²) >= 11 is 0. The van der Waals surface area contributed by atoms with Gasteiger partial charge >= 0.3 is 0 Å². The molecule has 3 heterocycles. The van der Waals surface area contributed by atoms with Crippen LogP contribution in [0.2, 0.25) is 0 Å². The summed E-state index contributed by atoms with van der Waals surface area (Å²) in [6.07, 6.45) is 0. The van der Waals surface area contributed by atoms with Crippen molar-refractivity contribution in [3.63, 3.8) is 0 Å². The summed E-state index contributed by atoms with van der Waals surface area (Å²) in [5, 5.41) is 2.12. The largest absolute Gasteiger partial charge is 0.454 e. The summed E-state index contributed by atoms with van der Waals surface area (Å²) in [5.41, 5.74) is 16.5. The number of nitrogens with zero attached hydrogens (tertiary/aromatic N) is 5. The number of hydrogen-bond acceptors (Lipinski definition) is 6. The third-order valence-electron chi connectivity index (χ3n) is 11.7. The Labute approximate surface area is 362 Å². The first-order valence-corrected chi connectivity index (χ1v) is 21.0. The van der Waals surface area contributed by atoms with E-state index in [-0.39, 0.29) is 0 Å². The average molecular weight is 806 g/mol. The van der Waals surface area contributed by atoms with Gasteiger partial charge in [0.25, 0.3) is 0 Å². The van der Waals surface area contributed by atoms with E-state index in [1.54, 1.807) is 0 Å². The predicted molar refractivity (Wildman–Crippen MR) is 256 cm³/mol. The molecule has 0 radical (unpaired) electrons. The highest BCUT2D eigenvalue weighted by Gasteiger charge is 2.16. The first kappa shape index (κ1) is 36.3. The van der Waals surface area contributed by atoms with Crippen molar-refractivity contribution in [2.24, 2.45) is 0 Å². The van der Waals surface area contributed by atoms with Crippen molar-refractivity contribution in [2.45, 2.75) is 0 Å². The second kappa shape index (κ2) is 15.1. The number of hydrogen-bond donors (Lipinski definition) is 0. The van der Waals surface area contributed by atoms with Crippen LogP contribution in [0.5, 0.6) is 0 Å². The molecule has 3 aromatic heterocycles. The molecule has 0 N–H and O–H groups in total. The van der Waals surface area contributed by atoms with Crippen LogP contribution < -0.4 is 0 Å². The molecule has 0 fully saturated rings. The van der Waals surface area contributed by atoms with Crippen LogP contribution >= 0.6 is 0 Å². The molecular weight excluding hydrogens is 771 g/mol. The van der Waals surface area contributed by atoms with Crippen molar-refractivity contribution < 1.29 is 4.42 Å². The highest BCUT2D eigenvalue weighted by atomic mass is 16.3. The van der Waals surface area contributed by atoms with Crippen LogP contribution in [0.3, 0.4) is 0 Å². The van der Waals surface area contributed by atoms with Crippen LogP contribution in [0.1, 0.15) is 0 Å². The van der Waals surface area contributed by atoms with Crippen LogP contribution in [0.15, 0.2) is 217 Å². The maximum absolute atomic E-state index is 6.31. The van der Waals surface area contributed by atoms with Crippen molar-refractivity contribution in [3.8, 4) is 78.7 Å². The minimum atomic E-state index is 0.617. The van der Waals surface area contributed by atoms with Crippen LogP contribution in [0, 0.1) is 0 Å². The SMILES string of the molecule is c1ccc(-c2ccc(-c3nc(-c4ccccc4)nc(-c4cccc(-c5cccc(-c6cccc(-c7ccc8nc9ccc%10c%11ccccc%11oc%10c9nc8c7)c6)c5)c4)n3)cc2)cc1. The molecule has 6 heteroatoms. The van der Waals surface area contributed by atoms with Crippen LogP contribution in [-0.4, -0.2) is 24.9 Å². The van der Waals surface area contributed by atoms with Gasteiger partial charge in [-0.05, 0) is 93.0 Å². The molecule has 63 heavy (non-hydrogen) atoms. The molecule has 294 valence electrons. The summed E-state index contributed by atoms with van der Waals surface area (Å²) in [6.45, 7) is 0. The molecule has 0 amide bonds. The third-order valence-corrected chi connectivity index (χ3v) is 11.7. The smallest absolute Gasteiger partial charge is 0.164 e. The van der Waals surface area contributed by atoms with Gasteiger partial charge in [0.15, 0.2) is 23.1 Å². The molecule has 0 aliphatic carbocycles. The Morgan fingerprint density at radius 2 is 0.698 bits per heavy atom. The molecule has 9 aromatic carbocycles. The van der Waals surface area contributed by atoms with Gasteiger partial charge in [-0.1, -0.05) is 164 Å². The number of furan rings is 1. The lowest BCUT2D eigenvalue weighted by atomic mass is 9.95. The molecule has 0 atom stereocenters. The first-order chi connectivity index (χ1) is 31.2. The monoisotopic (exact) mass is 805 g/mol. The van der Waals surface area contributed by atoms with Crippen molar-refractivity contribution in [1.82, 2.24) is 24.9 Å². The number of fused-ring (bicyclic) bond motifs is 6. The maximum Gasteiger partial charge on any atom is 0.164 e. The van der Waals surface area contributed by atoms with Gasteiger partial charge in [-0.15, -0.1) is 0 Å². The van der Waals surface area contributed by atoms with E-state index < -0.39 is 0 Å². The van der Waals surface area contributed by atoms with E-state index in [0.717, 1.165) is 99.6 Å². The number of para-hydroxylation sites is 1. The molecule has 0 saturated heterocycles. The molecule has 0 bridgehead atoms. The summed E-state index contributed by atoms with van der Waals surface area (Å²) < 4.78 is 6.31. The van der Waals surface area contributed by atoms with E-state index in [4.69, 9.17) is 29.3 Å². The zero-order valence-electron chi connectivity index (χ0n) is 33.9. The molecule has 0 aliphatic heterocycles. The van der Waals surface area contributed by atoms with E-state index in [2.05, 4.69) is 152 Å². The van der Waals surface area contributed by atoms with Gasteiger partial charge in [-0.2, -0.15) is 0 Å². The number of aromatic nitrogens is 5. The van der Waals surface area contributed by atoms with Gasteiger partial charge in [0.2, 0.25) is 0 Å². The fraction of sp³-hybridized carbons (Fsp3) is 0. The van der Waals surface area contributed by atoms with E-state index in [0.29, 0.717) is 17.5 Å². The Balaban J connectivity index is 0.875.